The highest BCUT2D eigenvalue weighted by Crippen LogP contribution is 2.37. The number of hydrogen-bond acceptors (Lipinski definition) is 4. The highest BCUT2D eigenvalue weighted by molar-refractivity contribution is 5.96. The lowest BCUT2D eigenvalue weighted by Crippen LogP contribution is -2.45. The number of rotatable bonds is 5. The van der Waals surface area contributed by atoms with E-state index in [9.17, 15) is 0 Å². The number of anilines is 1. The van der Waals surface area contributed by atoms with Gasteiger partial charge < -0.3 is 14.1 Å². The molecular weight excluding hydrogens is 372 g/mol. The third kappa shape index (κ3) is 3.66. The molecule has 1 aromatic heterocycles. The monoisotopic (exact) mass is 398 g/mol. The van der Waals surface area contributed by atoms with Crippen LogP contribution in [0.3, 0.4) is 0 Å². The standard InChI is InChI=1S/C26H26N2O2/c1-29-22-12-13-23-24(18-22)30-25(26(23)20-8-4-2-5-9-20)19-27-14-16-28(17-15-27)21-10-6-3-7-11-21/h2-13,18H,14-17,19H2,1H3. The number of ether oxygens (including phenoxy) is 1. The molecule has 3 aromatic carbocycles. The van der Waals surface area contributed by atoms with Crippen molar-refractivity contribution < 1.29 is 9.15 Å². The van der Waals surface area contributed by atoms with E-state index >= 15 is 0 Å². The van der Waals surface area contributed by atoms with Crippen molar-refractivity contribution in [1.29, 1.82) is 0 Å². The number of nitrogens with zero attached hydrogens (tertiary/aromatic N) is 2. The van der Waals surface area contributed by atoms with E-state index in [-0.39, 0.29) is 0 Å². The second-order valence-corrected chi connectivity index (χ2v) is 7.73. The van der Waals surface area contributed by atoms with Gasteiger partial charge >= 0.3 is 0 Å². The van der Waals surface area contributed by atoms with Gasteiger partial charge in [0, 0.05) is 48.9 Å². The zero-order valence-electron chi connectivity index (χ0n) is 17.3. The van der Waals surface area contributed by atoms with Gasteiger partial charge in [0.2, 0.25) is 0 Å². The minimum absolute atomic E-state index is 0.809. The number of para-hydroxylation sites is 1. The van der Waals surface area contributed by atoms with E-state index < -0.39 is 0 Å². The van der Waals surface area contributed by atoms with Gasteiger partial charge in [0.1, 0.15) is 17.1 Å². The van der Waals surface area contributed by atoms with Gasteiger partial charge in [-0.25, -0.2) is 0 Å². The summed E-state index contributed by atoms with van der Waals surface area (Å²) < 4.78 is 11.8. The molecule has 0 bridgehead atoms. The summed E-state index contributed by atoms with van der Waals surface area (Å²) in [4.78, 5) is 4.94. The van der Waals surface area contributed by atoms with Crippen LogP contribution >= 0.6 is 0 Å². The molecule has 0 amide bonds. The van der Waals surface area contributed by atoms with E-state index in [2.05, 4.69) is 76.5 Å². The van der Waals surface area contributed by atoms with Crippen LogP contribution in [0.4, 0.5) is 5.69 Å². The zero-order valence-corrected chi connectivity index (χ0v) is 17.3. The number of furan rings is 1. The lowest BCUT2D eigenvalue weighted by molar-refractivity contribution is 0.233. The van der Waals surface area contributed by atoms with Crippen molar-refractivity contribution in [3.8, 4) is 16.9 Å². The number of benzene rings is 3. The SMILES string of the molecule is COc1ccc2c(-c3ccccc3)c(CN3CCN(c4ccccc4)CC3)oc2c1. The van der Waals surface area contributed by atoms with E-state index in [0.717, 1.165) is 55.2 Å². The number of hydrogen-bond donors (Lipinski definition) is 0. The van der Waals surface area contributed by atoms with Gasteiger partial charge in [0.15, 0.2) is 0 Å². The Morgan fingerprint density at radius 1 is 0.833 bits per heavy atom. The fourth-order valence-corrected chi connectivity index (χ4v) is 4.29. The van der Waals surface area contributed by atoms with Gasteiger partial charge in [-0.05, 0) is 29.8 Å². The summed E-state index contributed by atoms with van der Waals surface area (Å²) in [7, 11) is 1.69. The molecule has 4 nitrogen and oxygen atoms in total. The third-order valence-corrected chi connectivity index (χ3v) is 5.89. The molecule has 0 N–H and O–H groups in total. The fraction of sp³-hybridized carbons (Fsp3) is 0.231. The molecule has 4 heteroatoms. The summed E-state index contributed by atoms with van der Waals surface area (Å²) in [5, 5.41) is 1.14. The molecule has 0 unspecified atom stereocenters. The van der Waals surface area contributed by atoms with Crippen molar-refractivity contribution in [2.24, 2.45) is 0 Å². The molecule has 152 valence electrons. The Labute approximate surface area is 177 Å². The molecule has 0 aliphatic carbocycles. The first-order valence-electron chi connectivity index (χ1n) is 10.5. The summed E-state index contributed by atoms with van der Waals surface area (Å²) in [6.07, 6.45) is 0. The normalized spacial score (nSPS) is 14.9. The van der Waals surface area contributed by atoms with Crippen LogP contribution in [-0.2, 0) is 6.54 Å². The van der Waals surface area contributed by atoms with E-state index in [1.165, 1.54) is 16.8 Å². The van der Waals surface area contributed by atoms with Gasteiger partial charge in [-0.15, -0.1) is 0 Å². The minimum atomic E-state index is 0.809. The van der Waals surface area contributed by atoms with Crippen LogP contribution in [-0.4, -0.2) is 38.2 Å². The van der Waals surface area contributed by atoms with Gasteiger partial charge in [-0.2, -0.15) is 0 Å². The molecule has 0 radical (unpaired) electrons. The number of fused-ring (bicyclic) bond motifs is 1. The molecule has 1 aliphatic heterocycles. The highest BCUT2D eigenvalue weighted by Gasteiger charge is 2.22. The van der Waals surface area contributed by atoms with Crippen LogP contribution in [0, 0.1) is 0 Å². The average Bonchev–Trinajstić information content (AvgIpc) is 3.17. The molecule has 0 spiro atoms. The third-order valence-electron chi connectivity index (χ3n) is 5.89. The van der Waals surface area contributed by atoms with E-state index in [0.29, 0.717) is 0 Å². The lowest BCUT2D eigenvalue weighted by atomic mass is 10.0. The molecule has 0 atom stereocenters. The predicted octanol–water partition coefficient (Wildman–Crippen LogP) is 5.43. The van der Waals surface area contributed by atoms with Crippen LogP contribution in [0.5, 0.6) is 5.75 Å². The molecule has 1 fully saturated rings. The summed E-state index contributed by atoms with van der Waals surface area (Å²) in [5.41, 5.74) is 4.57. The largest absolute Gasteiger partial charge is 0.497 e. The summed E-state index contributed by atoms with van der Waals surface area (Å²) in [5.74, 6) is 1.84. The second kappa shape index (κ2) is 8.25. The van der Waals surface area contributed by atoms with Crippen LogP contribution in [0.25, 0.3) is 22.1 Å². The van der Waals surface area contributed by atoms with Crippen molar-refractivity contribution in [3.05, 3.63) is 84.6 Å². The summed E-state index contributed by atoms with van der Waals surface area (Å²) in [6.45, 7) is 4.90. The molecular formula is C26H26N2O2. The van der Waals surface area contributed by atoms with Crippen LogP contribution in [0.1, 0.15) is 5.76 Å². The van der Waals surface area contributed by atoms with E-state index in [1.54, 1.807) is 7.11 Å². The van der Waals surface area contributed by atoms with Crippen molar-refractivity contribution >= 4 is 16.7 Å². The Kier molecular flexibility index (Phi) is 5.16. The van der Waals surface area contributed by atoms with E-state index in [4.69, 9.17) is 9.15 Å². The van der Waals surface area contributed by atoms with Crippen LogP contribution < -0.4 is 9.64 Å². The lowest BCUT2D eigenvalue weighted by Gasteiger charge is -2.35. The topological polar surface area (TPSA) is 28.9 Å². The summed E-state index contributed by atoms with van der Waals surface area (Å²) in [6, 6.07) is 27.3. The molecule has 1 aliphatic rings. The Morgan fingerprint density at radius 3 is 2.23 bits per heavy atom. The van der Waals surface area contributed by atoms with Crippen molar-refractivity contribution in [2.75, 3.05) is 38.2 Å². The quantitative estimate of drug-likeness (QED) is 0.448. The first kappa shape index (κ1) is 18.8. The molecule has 4 aromatic rings. The fourth-order valence-electron chi connectivity index (χ4n) is 4.29. The Morgan fingerprint density at radius 2 is 1.53 bits per heavy atom. The maximum absolute atomic E-state index is 6.38. The van der Waals surface area contributed by atoms with Crippen LogP contribution in [0.15, 0.2) is 83.3 Å². The average molecular weight is 399 g/mol. The number of piperazine rings is 1. The maximum atomic E-state index is 6.38. The van der Waals surface area contributed by atoms with Crippen molar-refractivity contribution in [3.63, 3.8) is 0 Å². The smallest absolute Gasteiger partial charge is 0.138 e. The predicted molar refractivity (Wildman–Crippen MR) is 122 cm³/mol. The Hall–Kier alpha value is -3.24. The zero-order chi connectivity index (χ0) is 20.3. The second-order valence-electron chi connectivity index (χ2n) is 7.73. The Bertz CT molecular complexity index is 1110. The molecule has 30 heavy (non-hydrogen) atoms. The molecule has 0 saturated carbocycles. The first-order chi connectivity index (χ1) is 14.8. The van der Waals surface area contributed by atoms with Crippen molar-refractivity contribution in [2.45, 2.75) is 6.54 Å². The summed E-state index contributed by atoms with van der Waals surface area (Å²) >= 11 is 0. The van der Waals surface area contributed by atoms with Gasteiger partial charge in [0.25, 0.3) is 0 Å². The number of methoxy groups -OCH3 is 1. The van der Waals surface area contributed by atoms with Crippen molar-refractivity contribution in [1.82, 2.24) is 4.90 Å². The highest BCUT2D eigenvalue weighted by atomic mass is 16.5. The molecule has 1 saturated heterocycles. The maximum Gasteiger partial charge on any atom is 0.138 e. The van der Waals surface area contributed by atoms with E-state index in [1.807, 2.05) is 12.1 Å². The first-order valence-corrected chi connectivity index (χ1v) is 10.5. The van der Waals surface area contributed by atoms with Gasteiger partial charge in [-0.1, -0.05) is 48.5 Å². The molecule has 2 heterocycles. The Balaban J connectivity index is 1.41. The minimum Gasteiger partial charge on any atom is -0.497 e. The molecule has 5 rings (SSSR count). The van der Waals surface area contributed by atoms with Gasteiger partial charge in [-0.3, -0.25) is 4.90 Å². The van der Waals surface area contributed by atoms with Crippen LogP contribution in [0.2, 0.25) is 0 Å². The van der Waals surface area contributed by atoms with Gasteiger partial charge in [0.05, 0.1) is 13.7 Å².